The van der Waals surface area contributed by atoms with Crippen LogP contribution in [0.1, 0.15) is 21.5 Å². The van der Waals surface area contributed by atoms with Crippen molar-refractivity contribution in [2.75, 3.05) is 12.3 Å². The smallest absolute Gasteiger partial charge is 0.383 e. The van der Waals surface area contributed by atoms with Crippen LogP contribution in [0.5, 0.6) is 0 Å². The van der Waals surface area contributed by atoms with Gasteiger partial charge in [-0.25, -0.2) is 9.07 Å². The number of carbonyl (C=O) groups excluding carboxylic acids is 1. The fourth-order valence-corrected chi connectivity index (χ4v) is 2.95. The molecule has 0 saturated carbocycles. The third-order valence-electron chi connectivity index (χ3n) is 4.81. The van der Waals surface area contributed by atoms with E-state index in [9.17, 15) is 27.5 Å². The molecule has 6 nitrogen and oxygen atoms in total. The van der Waals surface area contributed by atoms with Gasteiger partial charge in [-0.3, -0.25) is 4.79 Å². The Kier molecular flexibility index (Phi) is 6.03. The van der Waals surface area contributed by atoms with Crippen LogP contribution in [0.15, 0.2) is 54.7 Å². The van der Waals surface area contributed by atoms with Crippen molar-refractivity contribution in [3.63, 3.8) is 0 Å². The Morgan fingerprint density at radius 3 is 2.32 bits per heavy atom. The molecule has 1 aromatic heterocycles. The molecule has 10 heteroatoms. The number of benzene rings is 2. The van der Waals surface area contributed by atoms with Gasteiger partial charge < -0.3 is 16.2 Å². The predicted octanol–water partition coefficient (Wildman–Crippen LogP) is 3.17. The summed E-state index contributed by atoms with van der Waals surface area (Å²) in [6.07, 6.45) is -4.64. The van der Waals surface area contributed by atoms with Crippen molar-refractivity contribution in [2.45, 2.75) is 25.1 Å². The van der Waals surface area contributed by atoms with Crippen LogP contribution in [-0.4, -0.2) is 39.1 Å². The largest absolute Gasteiger partial charge is 0.419 e. The van der Waals surface area contributed by atoms with E-state index in [1.54, 1.807) is 19.1 Å². The number of nitrogens with zero attached hydrogens (tertiary/aromatic N) is 2. The topological polar surface area (TPSA) is 93.2 Å². The van der Waals surface area contributed by atoms with Gasteiger partial charge in [0, 0.05) is 6.42 Å². The highest BCUT2D eigenvalue weighted by Crippen LogP contribution is 2.33. The first kappa shape index (κ1) is 22.3. The number of rotatable bonds is 6. The summed E-state index contributed by atoms with van der Waals surface area (Å²) in [6.45, 7) is 0.709. The standard InChI is InChI=1S/C21H20F4N4O2/c1-13-2-4-14(5-3-13)10-20(31,21(23,24)25)12-27-19(30)17-11-28-29(18(17)26)16-8-6-15(22)7-9-16/h2-9,11,31H,10,12,26H2,1H3,(H,27,30)/t20-/m0/s1. The molecule has 164 valence electrons. The number of anilines is 1. The first-order chi connectivity index (χ1) is 14.5. The molecule has 0 fully saturated rings. The van der Waals surface area contributed by atoms with Crippen molar-refractivity contribution in [2.24, 2.45) is 0 Å². The lowest BCUT2D eigenvalue weighted by Gasteiger charge is -2.31. The van der Waals surface area contributed by atoms with E-state index in [0.717, 1.165) is 16.4 Å². The Morgan fingerprint density at radius 2 is 1.74 bits per heavy atom. The number of hydrogen-bond acceptors (Lipinski definition) is 4. The fraction of sp³-hybridized carbons (Fsp3) is 0.238. The van der Waals surface area contributed by atoms with E-state index in [4.69, 9.17) is 5.73 Å². The number of nitrogens with two attached hydrogens (primary N) is 1. The Labute approximate surface area is 175 Å². The third kappa shape index (κ3) is 4.85. The SMILES string of the molecule is Cc1ccc(C[C@](O)(CNC(=O)c2cnn(-c3ccc(F)cc3)c2N)C(F)(F)F)cc1. The summed E-state index contributed by atoms with van der Waals surface area (Å²) in [7, 11) is 0. The third-order valence-corrected chi connectivity index (χ3v) is 4.81. The van der Waals surface area contributed by atoms with Crippen LogP contribution >= 0.6 is 0 Å². The summed E-state index contributed by atoms with van der Waals surface area (Å²) in [6, 6.07) is 11.3. The molecule has 0 saturated heterocycles. The molecular weight excluding hydrogens is 416 g/mol. The van der Waals surface area contributed by atoms with E-state index in [0.29, 0.717) is 5.69 Å². The van der Waals surface area contributed by atoms with Crippen LogP contribution in [0.4, 0.5) is 23.4 Å². The molecular formula is C21H20F4N4O2. The van der Waals surface area contributed by atoms with Crippen molar-refractivity contribution in [3.05, 3.63) is 77.2 Å². The molecule has 0 radical (unpaired) electrons. The minimum absolute atomic E-state index is 0.141. The summed E-state index contributed by atoms with van der Waals surface area (Å²) < 4.78 is 55.0. The highest BCUT2D eigenvalue weighted by molar-refractivity contribution is 5.98. The number of nitrogen functional groups attached to an aromatic ring is 1. The maximum atomic E-state index is 13.6. The second-order valence-corrected chi connectivity index (χ2v) is 7.21. The number of nitrogens with one attached hydrogen (secondary N) is 1. The van der Waals surface area contributed by atoms with Crippen LogP contribution in [0.2, 0.25) is 0 Å². The van der Waals surface area contributed by atoms with Gasteiger partial charge >= 0.3 is 6.18 Å². The van der Waals surface area contributed by atoms with Crippen LogP contribution < -0.4 is 11.1 Å². The highest BCUT2D eigenvalue weighted by Gasteiger charge is 2.53. The van der Waals surface area contributed by atoms with E-state index in [2.05, 4.69) is 10.4 Å². The normalized spacial score (nSPS) is 13.6. The van der Waals surface area contributed by atoms with Gasteiger partial charge in [-0.15, -0.1) is 0 Å². The number of hydrogen-bond donors (Lipinski definition) is 3. The molecule has 1 heterocycles. The molecule has 1 atom stereocenters. The molecule has 3 rings (SSSR count). The first-order valence-corrected chi connectivity index (χ1v) is 9.22. The lowest BCUT2D eigenvalue weighted by molar-refractivity contribution is -0.256. The number of aliphatic hydroxyl groups is 1. The van der Waals surface area contributed by atoms with Gasteiger partial charge in [0.15, 0.2) is 5.60 Å². The highest BCUT2D eigenvalue weighted by atomic mass is 19.4. The van der Waals surface area contributed by atoms with E-state index in [1.807, 2.05) is 0 Å². The van der Waals surface area contributed by atoms with E-state index < -0.39 is 36.5 Å². The quantitative estimate of drug-likeness (QED) is 0.518. The number of alkyl halides is 3. The Hall–Kier alpha value is -3.40. The maximum absolute atomic E-state index is 13.6. The van der Waals surface area contributed by atoms with Crippen molar-refractivity contribution >= 4 is 11.7 Å². The Balaban J connectivity index is 1.77. The van der Waals surface area contributed by atoms with Crippen molar-refractivity contribution in [1.82, 2.24) is 15.1 Å². The molecule has 2 aromatic carbocycles. The Morgan fingerprint density at radius 1 is 1.13 bits per heavy atom. The molecule has 0 aliphatic rings. The predicted molar refractivity (Wildman–Crippen MR) is 106 cm³/mol. The number of halogens is 4. The van der Waals surface area contributed by atoms with Crippen LogP contribution in [-0.2, 0) is 6.42 Å². The number of amides is 1. The minimum Gasteiger partial charge on any atom is -0.383 e. The first-order valence-electron chi connectivity index (χ1n) is 9.22. The number of carbonyl (C=O) groups is 1. The molecule has 0 spiro atoms. The van der Waals surface area contributed by atoms with Gasteiger partial charge in [0.2, 0.25) is 0 Å². The Bertz CT molecular complexity index is 1060. The number of aryl methyl sites for hydroxylation is 1. The average molecular weight is 436 g/mol. The van der Waals surface area contributed by atoms with Crippen molar-refractivity contribution in [3.8, 4) is 5.69 Å². The fourth-order valence-electron chi connectivity index (χ4n) is 2.95. The van der Waals surface area contributed by atoms with Crippen LogP contribution in [0.25, 0.3) is 5.69 Å². The molecule has 3 aromatic rings. The summed E-state index contributed by atoms with van der Waals surface area (Å²) in [5, 5.41) is 16.3. The summed E-state index contributed by atoms with van der Waals surface area (Å²) >= 11 is 0. The van der Waals surface area contributed by atoms with Crippen LogP contribution in [0.3, 0.4) is 0 Å². The second-order valence-electron chi connectivity index (χ2n) is 7.21. The molecule has 1 amide bonds. The molecule has 0 bridgehead atoms. The van der Waals surface area contributed by atoms with Gasteiger partial charge in [-0.05, 0) is 36.8 Å². The monoisotopic (exact) mass is 436 g/mol. The van der Waals surface area contributed by atoms with Gasteiger partial charge in [0.1, 0.15) is 17.2 Å². The lowest BCUT2D eigenvalue weighted by Crippen LogP contribution is -2.55. The van der Waals surface area contributed by atoms with E-state index >= 15 is 0 Å². The summed E-state index contributed by atoms with van der Waals surface area (Å²) in [5.41, 5.74) is 4.03. The summed E-state index contributed by atoms with van der Waals surface area (Å²) in [5.74, 6) is -1.55. The van der Waals surface area contributed by atoms with Gasteiger partial charge in [0.25, 0.3) is 5.91 Å². The van der Waals surface area contributed by atoms with Gasteiger partial charge in [0.05, 0.1) is 18.4 Å². The second kappa shape index (κ2) is 8.38. The zero-order valence-electron chi connectivity index (χ0n) is 16.4. The van der Waals surface area contributed by atoms with Crippen molar-refractivity contribution in [1.29, 1.82) is 0 Å². The molecule has 0 aliphatic carbocycles. The van der Waals surface area contributed by atoms with Crippen molar-refractivity contribution < 1.29 is 27.5 Å². The zero-order chi connectivity index (χ0) is 22.8. The number of aromatic nitrogens is 2. The van der Waals surface area contributed by atoms with E-state index in [-0.39, 0.29) is 16.9 Å². The van der Waals surface area contributed by atoms with Gasteiger partial charge in [-0.2, -0.15) is 18.3 Å². The average Bonchev–Trinajstić information content (AvgIpc) is 3.09. The zero-order valence-corrected chi connectivity index (χ0v) is 16.4. The molecule has 31 heavy (non-hydrogen) atoms. The lowest BCUT2D eigenvalue weighted by atomic mass is 9.93. The molecule has 0 aliphatic heterocycles. The summed E-state index contributed by atoms with van der Waals surface area (Å²) in [4.78, 5) is 12.5. The maximum Gasteiger partial charge on any atom is 0.419 e. The molecule has 0 unspecified atom stereocenters. The van der Waals surface area contributed by atoms with E-state index in [1.165, 1.54) is 36.4 Å². The molecule has 4 N–H and O–H groups in total. The minimum atomic E-state index is -4.99. The van der Waals surface area contributed by atoms with Crippen LogP contribution in [0, 0.1) is 12.7 Å². The van der Waals surface area contributed by atoms with Gasteiger partial charge in [-0.1, -0.05) is 29.8 Å².